The van der Waals surface area contributed by atoms with E-state index < -0.39 is 5.60 Å². The lowest BCUT2D eigenvalue weighted by atomic mass is 9.95. The molecule has 1 aromatic heterocycles. The first-order chi connectivity index (χ1) is 12.6. The molecule has 0 unspecified atom stereocenters. The summed E-state index contributed by atoms with van der Waals surface area (Å²) in [6.07, 6.45) is 1.87. The van der Waals surface area contributed by atoms with Crippen molar-refractivity contribution in [2.24, 2.45) is 0 Å². The van der Waals surface area contributed by atoms with E-state index in [1.807, 2.05) is 24.3 Å². The van der Waals surface area contributed by atoms with Gasteiger partial charge in [-0.3, -0.25) is 4.79 Å². The van der Waals surface area contributed by atoms with Crippen LogP contribution >= 0.6 is 0 Å². The number of fused-ring (bicyclic) bond motifs is 1. The molecule has 0 saturated carbocycles. The topological polar surface area (TPSA) is 96.5 Å². The fraction of sp³-hybridized carbons (Fsp3) is 0.500. The first-order valence-electron chi connectivity index (χ1n) is 8.90. The van der Waals surface area contributed by atoms with Gasteiger partial charge in [-0.1, -0.05) is 12.1 Å². The smallest absolute Gasteiger partial charge is 0.407 e. The van der Waals surface area contributed by atoms with Crippen LogP contribution in [0.5, 0.6) is 0 Å². The van der Waals surface area contributed by atoms with E-state index in [9.17, 15) is 9.59 Å². The summed E-state index contributed by atoms with van der Waals surface area (Å²) >= 11 is 0. The summed E-state index contributed by atoms with van der Waals surface area (Å²) in [5.41, 5.74) is 1.38. The van der Waals surface area contributed by atoms with Crippen molar-refractivity contribution >= 4 is 23.0 Å². The highest BCUT2D eigenvalue weighted by Gasteiger charge is 2.41. The van der Waals surface area contributed by atoms with Gasteiger partial charge in [-0.25, -0.2) is 9.78 Å². The summed E-state index contributed by atoms with van der Waals surface area (Å²) in [6.45, 7) is 2.03. The van der Waals surface area contributed by atoms with Gasteiger partial charge in [-0.05, 0) is 25.0 Å². The molecule has 2 amide bonds. The third-order valence-electron chi connectivity index (χ3n) is 5.02. The van der Waals surface area contributed by atoms with Crippen molar-refractivity contribution in [1.29, 1.82) is 0 Å². The number of carbonyl (C=O) groups excluding carboxylic acids is 2. The van der Waals surface area contributed by atoms with E-state index in [0.717, 1.165) is 23.9 Å². The number of nitrogens with one attached hydrogen (secondary N) is 2. The molecule has 2 aliphatic rings. The molecule has 2 saturated heterocycles. The van der Waals surface area contributed by atoms with Crippen LogP contribution in [-0.4, -0.2) is 58.7 Å². The van der Waals surface area contributed by atoms with Crippen molar-refractivity contribution in [1.82, 2.24) is 20.2 Å². The number of alkyl carbamates (subject to hydrolysis) is 1. The van der Waals surface area contributed by atoms with E-state index in [-0.39, 0.29) is 25.2 Å². The van der Waals surface area contributed by atoms with E-state index in [1.165, 1.54) is 0 Å². The number of rotatable bonds is 4. The Morgan fingerprint density at radius 3 is 3.00 bits per heavy atom. The number of carbonyl (C=O) groups is 2. The number of hydrogen-bond acceptors (Lipinski definition) is 5. The molecule has 0 bridgehead atoms. The van der Waals surface area contributed by atoms with Crippen LogP contribution in [0.15, 0.2) is 24.3 Å². The number of ether oxygens (including phenoxy) is 2. The normalized spacial score (nSPS) is 23.1. The van der Waals surface area contributed by atoms with Crippen molar-refractivity contribution < 1.29 is 19.1 Å². The molecule has 2 aliphatic heterocycles. The molecule has 3 heterocycles. The quantitative estimate of drug-likeness (QED) is 0.865. The first kappa shape index (κ1) is 16.8. The molecule has 1 atom stereocenters. The number of nitrogens with zero attached hydrogens (tertiary/aromatic N) is 2. The van der Waals surface area contributed by atoms with Gasteiger partial charge in [0.25, 0.3) is 0 Å². The lowest BCUT2D eigenvalue weighted by Gasteiger charge is -2.24. The lowest BCUT2D eigenvalue weighted by molar-refractivity contribution is -0.136. The number of imidazole rings is 1. The standard InChI is InChI=1S/C18H22N4O4/c23-16(11-25-10-15-20-13-4-1-2-5-14(13)21-15)22-8-3-6-18(7-9-22)12-19-17(24)26-18/h1-2,4-5H,3,6-12H2,(H,19,24)(H,20,21)/t18-/m0/s1. The number of likely N-dealkylation sites (tertiary alicyclic amines) is 1. The van der Waals surface area contributed by atoms with E-state index in [2.05, 4.69) is 15.3 Å². The molecule has 8 heteroatoms. The van der Waals surface area contributed by atoms with Gasteiger partial charge >= 0.3 is 6.09 Å². The molecular weight excluding hydrogens is 336 g/mol. The fourth-order valence-corrected chi connectivity index (χ4v) is 3.60. The molecule has 8 nitrogen and oxygen atoms in total. The highest BCUT2D eigenvalue weighted by atomic mass is 16.6. The van der Waals surface area contributed by atoms with Crippen molar-refractivity contribution in [3.8, 4) is 0 Å². The molecule has 1 spiro atoms. The fourth-order valence-electron chi connectivity index (χ4n) is 3.60. The lowest BCUT2D eigenvalue weighted by Crippen LogP contribution is -2.38. The Morgan fingerprint density at radius 2 is 2.19 bits per heavy atom. The molecule has 1 aromatic carbocycles. The zero-order valence-corrected chi connectivity index (χ0v) is 14.5. The van der Waals surface area contributed by atoms with Crippen LogP contribution in [0.2, 0.25) is 0 Å². The Morgan fingerprint density at radius 1 is 1.31 bits per heavy atom. The summed E-state index contributed by atoms with van der Waals surface area (Å²) in [5.74, 6) is 0.660. The molecule has 0 radical (unpaired) electrons. The Kier molecular flexibility index (Phi) is 4.50. The average molecular weight is 358 g/mol. The zero-order chi connectivity index (χ0) is 18.0. The number of hydrogen-bond donors (Lipinski definition) is 2. The first-order valence-corrected chi connectivity index (χ1v) is 8.90. The Bertz CT molecular complexity index is 787. The third kappa shape index (κ3) is 3.50. The Labute approximate surface area is 150 Å². The number of benzene rings is 1. The number of amides is 2. The van der Waals surface area contributed by atoms with Crippen LogP contribution in [0, 0.1) is 0 Å². The Hall–Kier alpha value is -2.61. The molecule has 2 fully saturated rings. The molecule has 138 valence electrons. The minimum Gasteiger partial charge on any atom is -0.441 e. The number of H-pyrrole nitrogens is 1. The van der Waals surface area contributed by atoms with E-state index in [1.54, 1.807) is 4.90 Å². The minimum atomic E-state index is -0.457. The molecule has 2 N–H and O–H groups in total. The highest BCUT2D eigenvalue weighted by Crippen LogP contribution is 2.29. The van der Waals surface area contributed by atoms with Gasteiger partial charge in [0, 0.05) is 19.5 Å². The van der Waals surface area contributed by atoms with Gasteiger partial charge in [0.05, 0.1) is 17.6 Å². The van der Waals surface area contributed by atoms with Gasteiger partial charge in [-0.2, -0.15) is 0 Å². The van der Waals surface area contributed by atoms with Crippen molar-refractivity contribution in [3.63, 3.8) is 0 Å². The summed E-state index contributed by atoms with van der Waals surface area (Å²) < 4.78 is 11.0. The zero-order valence-electron chi connectivity index (χ0n) is 14.5. The molecule has 0 aliphatic carbocycles. The molecule has 26 heavy (non-hydrogen) atoms. The molecule has 2 aromatic rings. The van der Waals surface area contributed by atoms with Crippen molar-refractivity contribution in [2.75, 3.05) is 26.2 Å². The summed E-state index contributed by atoms with van der Waals surface area (Å²) in [5, 5.41) is 2.72. The van der Waals surface area contributed by atoms with Crippen LogP contribution in [0.25, 0.3) is 11.0 Å². The monoisotopic (exact) mass is 358 g/mol. The average Bonchev–Trinajstić information content (AvgIpc) is 3.14. The predicted molar refractivity (Wildman–Crippen MR) is 93.4 cm³/mol. The molecular formula is C18H22N4O4. The van der Waals surface area contributed by atoms with Crippen LogP contribution in [0.4, 0.5) is 4.79 Å². The van der Waals surface area contributed by atoms with Crippen LogP contribution in [-0.2, 0) is 20.9 Å². The van der Waals surface area contributed by atoms with Crippen molar-refractivity contribution in [3.05, 3.63) is 30.1 Å². The largest absolute Gasteiger partial charge is 0.441 e. The van der Waals surface area contributed by atoms with Gasteiger partial charge in [0.1, 0.15) is 24.6 Å². The van der Waals surface area contributed by atoms with Crippen LogP contribution in [0.1, 0.15) is 25.1 Å². The van der Waals surface area contributed by atoms with Crippen molar-refractivity contribution in [2.45, 2.75) is 31.5 Å². The maximum absolute atomic E-state index is 12.4. The van der Waals surface area contributed by atoms with Crippen LogP contribution < -0.4 is 5.32 Å². The Balaban J connectivity index is 1.27. The number of para-hydroxylation sites is 2. The third-order valence-corrected chi connectivity index (χ3v) is 5.02. The van der Waals surface area contributed by atoms with E-state index >= 15 is 0 Å². The second kappa shape index (κ2) is 6.95. The van der Waals surface area contributed by atoms with Gasteiger partial charge in [0.2, 0.25) is 5.91 Å². The summed E-state index contributed by atoms with van der Waals surface area (Å²) in [4.78, 5) is 33.2. The van der Waals surface area contributed by atoms with Gasteiger partial charge < -0.3 is 24.7 Å². The highest BCUT2D eigenvalue weighted by molar-refractivity contribution is 5.77. The summed E-state index contributed by atoms with van der Waals surface area (Å²) in [6, 6.07) is 7.76. The maximum Gasteiger partial charge on any atom is 0.407 e. The second-order valence-corrected chi connectivity index (χ2v) is 6.85. The van der Waals surface area contributed by atoms with E-state index in [0.29, 0.717) is 31.9 Å². The number of aromatic nitrogens is 2. The van der Waals surface area contributed by atoms with Gasteiger partial charge in [0.15, 0.2) is 0 Å². The predicted octanol–water partition coefficient (Wildman–Crippen LogP) is 1.57. The summed E-state index contributed by atoms with van der Waals surface area (Å²) in [7, 11) is 0. The maximum atomic E-state index is 12.4. The SMILES string of the molecule is O=C1NC[C@@]2(CCCN(C(=O)COCc3nc4ccccc4[nH]3)CC2)O1. The van der Waals surface area contributed by atoms with Crippen LogP contribution in [0.3, 0.4) is 0 Å². The molecule has 4 rings (SSSR count). The van der Waals surface area contributed by atoms with E-state index in [4.69, 9.17) is 9.47 Å². The second-order valence-electron chi connectivity index (χ2n) is 6.85. The minimum absolute atomic E-state index is 0.0160. The number of aromatic amines is 1. The van der Waals surface area contributed by atoms with Gasteiger partial charge in [-0.15, -0.1) is 0 Å².